The SMILES string of the molecule is CC.CC(C)(C)O.CCOCc1nc(-c2ccc(C)c(C)c2)c(C)c(-c2ccc(Cl)cc2)c1CC(=O)O. The molecule has 3 rings (SSSR count). The van der Waals surface area contributed by atoms with Crippen LogP contribution in [0.1, 0.15) is 69.5 Å². The van der Waals surface area contributed by atoms with Crippen LogP contribution in [0.25, 0.3) is 22.4 Å². The number of halogens is 1. The van der Waals surface area contributed by atoms with Crippen molar-refractivity contribution in [1.29, 1.82) is 0 Å². The minimum absolute atomic E-state index is 0.124. The fraction of sp³-hybridized carbons (Fsp3) is 0.419. The number of aliphatic hydroxyl groups is 1. The molecular formula is C31H42ClNO4. The first-order valence-corrected chi connectivity index (χ1v) is 13.1. The van der Waals surface area contributed by atoms with Gasteiger partial charge in [0.2, 0.25) is 0 Å². The number of carboxylic acid groups (broad SMARTS) is 1. The van der Waals surface area contributed by atoms with Crippen molar-refractivity contribution in [3.63, 3.8) is 0 Å². The number of rotatable bonds is 7. The van der Waals surface area contributed by atoms with E-state index in [0.717, 1.165) is 27.9 Å². The average molecular weight is 528 g/mol. The van der Waals surface area contributed by atoms with E-state index in [4.69, 9.17) is 26.4 Å². The molecule has 0 saturated carbocycles. The molecule has 2 aromatic carbocycles. The number of aliphatic carboxylic acids is 1. The Hall–Kier alpha value is -2.73. The summed E-state index contributed by atoms with van der Waals surface area (Å²) in [6.07, 6.45) is -0.124. The van der Waals surface area contributed by atoms with Gasteiger partial charge in [0, 0.05) is 17.2 Å². The number of ether oxygens (including phenoxy) is 1. The van der Waals surface area contributed by atoms with Crippen molar-refractivity contribution in [2.45, 2.75) is 80.9 Å². The molecule has 0 saturated heterocycles. The summed E-state index contributed by atoms with van der Waals surface area (Å²) < 4.78 is 5.65. The van der Waals surface area contributed by atoms with Gasteiger partial charge >= 0.3 is 5.97 Å². The van der Waals surface area contributed by atoms with Crippen LogP contribution in [-0.4, -0.2) is 33.4 Å². The highest BCUT2D eigenvalue weighted by Crippen LogP contribution is 2.36. The molecule has 0 aliphatic rings. The molecule has 0 spiro atoms. The molecule has 0 aliphatic heterocycles. The molecule has 0 radical (unpaired) electrons. The van der Waals surface area contributed by atoms with Crippen molar-refractivity contribution in [2.75, 3.05) is 6.61 Å². The predicted molar refractivity (Wildman–Crippen MR) is 154 cm³/mol. The Labute approximate surface area is 227 Å². The Kier molecular flexibility index (Phi) is 13.0. The zero-order valence-corrected chi connectivity index (χ0v) is 24.5. The number of hydrogen-bond donors (Lipinski definition) is 2. The van der Waals surface area contributed by atoms with E-state index in [-0.39, 0.29) is 13.0 Å². The molecule has 1 aromatic heterocycles. The van der Waals surface area contributed by atoms with Crippen molar-refractivity contribution in [1.82, 2.24) is 4.98 Å². The Balaban J connectivity index is 0.000000874. The van der Waals surface area contributed by atoms with Gasteiger partial charge in [0.15, 0.2) is 0 Å². The second kappa shape index (κ2) is 14.9. The molecule has 5 nitrogen and oxygen atoms in total. The lowest BCUT2D eigenvalue weighted by atomic mass is 9.89. The molecule has 0 fully saturated rings. The summed E-state index contributed by atoms with van der Waals surface area (Å²) in [7, 11) is 0. The van der Waals surface area contributed by atoms with Crippen molar-refractivity contribution in [3.05, 3.63) is 75.4 Å². The number of nitrogens with zero attached hydrogens (tertiary/aromatic N) is 1. The largest absolute Gasteiger partial charge is 0.481 e. The van der Waals surface area contributed by atoms with Gasteiger partial charge in [-0.2, -0.15) is 0 Å². The maximum Gasteiger partial charge on any atom is 0.307 e. The van der Waals surface area contributed by atoms with Gasteiger partial charge in [0.25, 0.3) is 0 Å². The zero-order chi connectivity index (χ0) is 28.3. The van der Waals surface area contributed by atoms with Crippen LogP contribution in [-0.2, 0) is 22.6 Å². The first-order valence-electron chi connectivity index (χ1n) is 12.7. The molecule has 0 atom stereocenters. The monoisotopic (exact) mass is 527 g/mol. The standard InChI is InChI=1S/C25H26ClNO3.C4H10O.C2H6/c1-5-30-14-22-21(13-23(28)29)24(18-8-10-20(26)11-9-18)17(4)25(27-22)19-7-6-15(2)16(3)12-19;1-4(2,3)5;1-2/h6-12H,5,13-14H2,1-4H3,(H,28,29);5H,1-3H3;1-2H3. The molecule has 0 aliphatic carbocycles. The molecule has 0 amide bonds. The van der Waals surface area contributed by atoms with E-state index in [9.17, 15) is 9.90 Å². The lowest BCUT2D eigenvalue weighted by Gasteiger charge is -2.20. The summed E-state index contributed by atoms with van der Waals surface area (Å²) in [5.41, 5.74) is 7.82. The second-order valence-corrected chi connectivity index (χ2v) is 10.0. The number of aromatic nitrogens is 1. The number of benzene rings is 2. The maximum absolute atomic E-state index is 11.7. The summed E-state index contributed by atoms with van der Waals surface area (Å²) in [5, 5.41) is 18.7. The van der Waals surface area contributed by atoms with Crippen LogP contribution in [0.4, 0.5) is 0 Å². The van der Waals surface area contributed by atoms with E-state index in [2.05, 4.69) is 32.0 Å². The fourth-order valence-electron chi connectivity index (χ4n) is 3.61. The third-order valence-electron chi connectivity index (χ3n) is 5.31. The van der Waals surface area contributed by atoms with Crippen molar-refractivity contribution in [3.8, 4) is 22.4 Å². The van der Waals surface area contributed by atoms with Gasteiger partial charge in [-0.05, 0) is 100 Å². The second-order valence-electron chi connectivity index (χ2n) is 9.57. The third kappa shape index (κ3) is 10.3. The van der Waals surface area contributed by atoms with Crippen molar-refractivity contribution >= 4 is 17.6 Å². The van der Waals surface area contributed by atoms with E-state index >= 15 is 0 Å². The van der Waals surface area contributed by atoms with Crippen molar-refractivity contribution in [2.24, 2.45) is 0 Å². The van der Waals surface area contributed by atoms with Gasteiger partial charge in [-0.3, -0.25) is 4.79 Å². The van der Waals surface area contributed by atoms with Crippen LogP contribution >= 0.6 is 11.6 Å². The van der Waals surface area contributed by atoms with E-state index < -0.39 is 11.6 Å². The molecular weight excluding hydrogens is 486 g/mol. The van der Waals surface area contributed by atoms with Gasteiger partial charge in [-0.15, -0.1) is 0 Å². The van der Waals surface area contributed by atoms with Crippen LogP contribution in [0.5, 0.6) is 0 Å². The lowest BCUT2D eigenvalue weighted by Crippen LogP contribution is -2.12. The minimum atomic E-state index is -0.900. The molecule has 202 valence electrons. The normalized spacial score (nSPS) is 10.7. The molecule has 1 heterocycles. The summed E-state index contributed by atoms with van der Waals surface area (Å²) >= 11 is 6.10. The number of carbonyl (C=O) groups is 1. The first-order chi connectivity index (χ1) is 17.3. The minimum Gasteiger partial charge on any atom is -0.481 e. The van der Waals surface area contributed by atoms with Crippen LogP contribution in [0.3, 0.4) is 0 Å². The maximum atomic E-state index is 11.7. The highest BCUT2D eigenvalue weighted by Gasteiger charge is 2.21. The Bertz CT molecular complexity index is 1160. The van der Waals surface area contributed by atoms with Crippen LogP contribution in [0, 0.1) is 20.8 Å². The summed E-state index contributed by atoms with van der Waals surface area (Å²) in [6, 6.07) is 13.7. The molecule has 0 bridgehead atoms. The summed E-state index contributed by atoms with van der Waals surface area (Å²) in [5.74, 6) is -0.900. The molecule has 0 unspecified atom stereocenters. The Morgan fingerprint density at radius 3 is 2.00 bits per heavy atom. The van der Waals surface area contributed by atoms with Gasteiger partial charge < -0.3 is 14.9 Å². The lowest BCUT2D eigenvalue weighted by molar-refractivity contribution is -0.136. The third-order valence-corrected chi connectivity index (χ3v) is 5.56. The Morgan fingerprint density at radius 1 is 0.973 bits per heavy atom. The summed E-state index contributed by atoms with van der Waals surface area (Å²) in [4.78, 5) is 16.6. The number of hydrogen-bond acceptors (Lipinski definition) is 4. The zero-order valence-electron chi connectivity index (χ0n) is 23.7. The van der Waals surface area contributed by atoms with E-state index in [1.165, 1.54) is 11.1 Å². The molecule has 3 aromatic rings. The predicted octanol–water partition coefficient (Wildman–Crippen LogP) is 7.96. The smallest absolute Gasteiger partial charge is 0.307 e. The van der Waals surface area contributed by atoms with E-state index in [1.54, 1.807) is 20.8 Å². The van der Waals surface area contributed by atoms with Gasteiger partial charge in [-0.1, -0.05) is 49.7 Å². The van der Waals surface area contributed by atoms with E-state index in [0.29, 0.717) is 22.9 Å². The first kappa shape index (κ1) is 32.3. The van der Waals surface area contributed by atoms with Gasteiger partial charge in [-0.25, -0.2) is 4.98 Å². The summed E-state index contributed by atoms with van der Waals surface area (Å²) in [6.45, 7) is 18.1. The van der Waals surface area contributed by atoms with Crippen molar-refractivity contribution < 1.29 is 19.7 Å². The molecule has 2 N–H and O–H groups in total. The van der Waals surface area contributed by atoms with Gasteiger partial charge in [0.05, 0.1) is 30.0 Å². The number of aryl methyl sites for hydroxylation is 2. The highest BCUT2D eigenvalue weighted by molar-refractivity contribution is 6.30. The fourth-order valence-corrected chi connectivity index (χ4v) is 3.74. The molecule has 37 heavy (non-hydrogen) atoms. The molecule has 6 heteroatoms. The Morgan fingerprint density at radius 2 is 1.51 bits per heavy atom. The topological polar surface area (TPSA) is 79.7 Å². The quantitative estimate of drug-likeness (QED) is 0.325. The number of pyridine rings is 1. The van der Waals surface area contributed by atoms with Crippen LogP contribution in [0.15, 0.2) is 42.5 Å². The number of carboxylic acids is 1. The van der Waals surface area contributed by atoms with Crippen LogP contribution in [0.2, 0.25) is 5.02 Å². The van der Waals surface area contributed by atoms with Gasteiger partial charge in [0.1, 0.15) is 0 Å². The van der Waals surface area contributed by atoms with Crippen LogP contribution < -0.4 is 0 Å². The highest BCUT2D eigenvalue weighted by atomic mass is 35.5. The average Bonchev–Trinajstić information content (AvgIpc) is 2.81. The van der Waals surface area contributed by atoms with E-state index in [1.807, 2.05) is 52.0 Å².